The second kappa shape index (κ2) is 4.59. The van der Waals surface area contributed by atoms with Crippen LogP contribution >= 0.6 is 31.9 Å². The van der Waals surface area contributed by atoms with E-state index < -0.39 is 0 Å². The molecular formula is C11H6Br2N2O2. The zero-order valence-electron chi connectivity index (χ0n) is 8.54. The Balaban J connectivity index is 2.56. The first kappa shape index (κ1) is 12.3. The van der Waals surface area contributed by atoms with Crippen LogP contribution in [-0.2, 0) is 9.59 Å². The van der Waals surface area contributed by atoms with Gasteiger partial charge in [-0.2, -0.15) is 5.26 Å². The Labute approximate surface area is 114 Å². The van der Waals surface area contributed by atoms with Gasteiger partial charge >= 0.3 is 0 Å². The topological polar surface area (TPSA) is 61.2 Å². The van der Waals surface area contributed by atoms with Gasteiger partial charge in [0.25, 0.3) is 0 Å². The summed E-state index contributed by atoms with van der Waals surface area (Å²) in [4.78, 5) is 24.2. The van der Waals surface area contributed by atoms with E-state index >= 15 is 0 Å². The molecule has 1 amide bonds. The number of benzene rings is 1. The number of carbonyl (C=O) groups excluding carboxylic acids is 2. The number of Topliss-reactive ketones (excluding diaryl/α,β-unsaturated/α-hetero) is 1. The van der Waals surface area contributed by atoms with Crippen LogP contribution < -0.4 is 4.90 Å². The summed E-state index contributed by atoms with van der Waals surface area (Å²) in [5.41, 5.74) is 0.820. The summed E-state index contributed by atoms with van der Waals surface area (Å²) in [7, 11) is 0. The summed E-state index contributed by atoms with van der Waals surface area (Å²) in [6.45, 7) is 0.0355. The molecule has 0 unspecified atom stereocenters. The highest BCUT2D eigenvalue weighted by atomic mass is 79.9. The molecule has 0 radical (unpaired) electrons. The highest BCUT2D eigenvalue weighted by Gasteiger charge is 2.31. The molecule has 4 nitrogen and oxygen atoms in total. The fourth-order valence-corrected chi connectivity index (χ4v) is 3.15. The van der Waals surface area contributed by atoms with Crippen molar-refractivity contribution in [3.63, 3.8) is 0 Å². The first-order chi connectivity index (χ1) is 8.02. The van der Waals surface area contributed by atoms with Crippen LogP contribution in [0, 0.1) is 11.3 Å². The number of anilines is 1. The van der Waals surface area contributed by atoms with Crippen LogP contribution in [0.5, 0.6) is 0 Å². The van der Waals surface area contributed by atoms with E-state index in [1.165, 1.54) is 4.90 Å². The van der Waals surface area contributed by atoms with Gasteiger partial charge < -0.3 is 4.90 Å². The molecule has 86 valence electrons. The number of nitriles is 1. The fourth-order valence-electron chi connectivity index (χ4n) is 1.71. The third-order valence-electron chi connectivity index (χ3n) is 2.40. The molecule has 1 aromatic carbocycles. The molecule has 17 heavy (non-hydrogen) atoms. The second-order valence-corrected chi connectivity index (χ2v) is 5.36. The van der Waals surface area contributed by atoms with Crippen LogP contribution in [0.4, 0.5) is 5.69 Å². The summed E-state index contributed by atoms with van der Waals surface area (Å²) in [6, 6.07) is 5.39. The lowest BCUT2D eigenvalue weighted by atomic mass is 10.2. The molecule has 1 aromatic rings. The average molecular weight is 358 g/mol. The molecule has 1 heterocycles. The minimum absolute atomic E-state index is 0.0355. The van der Waals surface area contributed by atoms with Crippen molar-refractivity contribution in [1.82, 2.24) is 0 Å². The maximum Gasteiger partial charge on any atom is 0.234 e. The molecule has 0 bridgehead atoms. The normalized spacial score (nSPS) is 15.2. The highest BCUT2D eigenvalue weighted by Crippen LogP contribution is 2.35. The van der Waals surface area contributed by atoms with Crippen molar-refractivity contribution in [2.24, 2.45) is 0 Å². The van der Waals surface area contributed by atoms with Crippen LogP contribution in [0.15, 0.2) is 21.1 Å². The molecule has 0 aromatic heterocycles. The van der Waals surface area contributed by atoms with E-state index in [0.29, 0.717) is 15.7 Å². The predicted molar refractivity (Wildman–Crippen MR) is 68.5 cm³/mol. The molecule has 0 saturated carbocycles. The molecule has 1 aliphatic rings. The molecule has 2 rings (SSSR count). The molecule has 0 atom stereocenters. The Morgan fingerprint density at radius 1 is 1.29 bits per heavy atom. The molecule has 0 N–H and O–H groups in total. The quantitative estimate of drug-likeness (QED) is 0.725. The average Bonchev–Trinajstić information content (AvgIpc) is 2.56. The summed E-state index contributed by atoms with van der Waals surface area (Å²) >= 11 is 6.58. The van der Waals surface area contributed by atoms with Crippen molar-refractivity contribution in [2.75, 3.05) is 11.4 Å². The van der Waals surface area contributed by atoms with Crippen molar-refractivity contribution >= 4 is 49.2 Å². The van der Waals surface area contributed by atoms with Gasteiger partial charge in [0, 0.05) is 8.95 Å². The van der Waals surface area contributed by atoms with Crippen molar-refractivity contribution in [3.8, 4) is 6.07 Å². The first-order valence-electron chi connectivity index (χ1n) is 4.74. The number of ketones is 1. The van der Waals surface area contributed by atoms with E-state index in [9.17, 15) is 9.59 Å². The summed E-state index contributed by atoms with van der Waals surface area (Å²) in [5.74, 6) is -0.400. The molecule has 1 fully saturated rings. The Hall–Kier alpha value is -1.19. The van der Waals surface area contributed by atoms with Gasteiger partial charge in [-0.3, -0.25) is 9.59 Å². The van der Waals surface area contributed by atoms with E-state index in [4.69, 9.17) is 5.26 Å². The summed E-state index contributed by atoms with van der Waals surface area (Å²) in [5, 5.41) is 9.07. The van der Waals surface area contributed by atoms with Gasteiger partial charge in [0.15, 0.2) is 5.78 Å². The third kappa shape index (κ3) is 2.26. The minimum atomic E-state index is -0.269. The SMILES string of the molecule is N#Cc1cc(Br)cc(Br)c1N1CC(=O)CC1=O. The van der Waals surface area contributed by atoms with Gasteiger partial charge in [-0.1, -0.05) is 15.9 Å². The Morgan fingerprint density at radius 2 is 2.00 bits per heavy atom. The van der Waals surface area contributed by atoms with Crippen LogP contribution in [0.1, 0.15) is 12.0 Å². The molecule has 6 heteroatoms. The monoisotopic (exact) mass is 356 g/mol. The minimum Gasteiger partial charge on any atom is -0.302 e. The first-order valence-corrected chi connectivity index (χ1v) is 6.32. The number of nitrogens with zero attached hydrogens (tertiary/aromatic N) is 2. The largest absolute Gasteiger partial charge is 0.302 e. The number of hydrogen-bond donors (Lipinski definition) is 0. The highest BCUT2D eigenvalue weighted by molar-refractivity contribution is 9.11. The number of hydrogen-bond acceptors (Lipinski definition) is 3. The van der Waals surface area contributed by atoms with E-state index in [1.54, 1.807) is 12.1 Å². The summed E-state index contributed by atoms with van der Waals surface area (Å²) in [6.07, 6.45) is -0.0899. The summed E-state index contributed by atoms with van der Waals surface area (Å²) < 4.78 is 1.36. The van der Waals surface area contributed by atoms with Crippen molar-refractivity contribution in [1.29, 1.82) is 5.26 Å². The maximum absolute atomic E-state index is 11.7. The van der Waals surface area contributed by atoms with Crippen LogP contribution in [0.2, 0.25) is 0 Å². The van der Waals surface area contributed by atoms with Crippen molar-refractivity contribution in [2.45, 2.75) is 6.42 Å². The van der Waals surface area contributed by atoms with Gasteiger partial charge in [-0.05, 0) is 28.1 Å². The van der Waals surface area contributed by atoms with Gasteiger partial charge in [-0.15, -0.1) is 0 Å². The number of halogens is 2. The lowest BCUT2D eigenvalue weighted by molar-refractivity contribution is -0.121. The number of rotatable bonds is 1. The second-order valence-electron chi connectivity index (χ2n) is 3.59. The Bertz CT molecular complexity index is 563. The van der Waals surface area contributed by atoms with E-state index in [-0.39, 0.29) is 24.7 Å². The zero-order valence-corrected chi connectivity index (χ0v) is 11.7. The molecule has 0 spiro atoms. The van der Waals surface area contributed by atoms with Gasteiger partial charge in [0.1, 0.15) is 6.07 Å². The van der Waals surface area contributed by atoms with Gasteiger partial charge in [-0.25, -0.2) is 0 Å². The molecule has 1 aliphatic heterocycles. The van der Waals surface area contributed by atoms with Crippen LogP contribution in [0.3, 0.4) is 0 Å². The molecule has 0 aliphatic carbocycles. The fraction of sp³-hybridized carbons (Fsp3) is 0.182. The number of carbonyl (C=O) groups is 2. The van der Waals surface area contributed by atoms with E-state index in [2.05, 4.69) is 31.9 Å². The zero-order chi connectivity index (χ0) is 12.6. The molecule has 1 saturated heterocycles. The number of amides is 1. The Kier molecular flexibility index (Phi) is 3.31. The van der Waals surface area contributed by atoms with Crippen LogP contribution in [0.25, 0.3) is 0 Å². The van der Waals surface area contributed by atoms with Gasteiger partial charge in [0.2, 0.25) is 5.91 Å². The lowest BCUT2D eigenvalue weighted by Gasteiger charge is -2.18. The standard InChI is InChI=1S/C11H6Br2N2O2/c12-7-1-6(4-14)11(9(13)2-7)15-5-8(16)3-10(15)17/h1-2H,3,5H2. The molecular weight excluding hydrogens is 352 g/mol. The van der Waals surface area contributed by atoms with E-state index in [0.717, 1.165) is 4.47 Å². The van der Waals surface area contributed by atoms with Crippen molar-refractivity contribution < 1.29 is 9.59 Å². The van der Waals surface area contributed by atoms with Crippen LogP contribution in [-0.4, -0.2) is 18.2 Å². The van der Waals surface area contributed by atoms with E-state index in [1.807, 2.05) is 6.07 Å². The van der Waals surface area contributed by atoms with Crippen molar-refractivity contribution in [3.05, 3.63) is 26.6 Å². The lowest BCUT2D eigenvalue weighted by Crippen LogP contribution is -2.25. The Morgan fingerprint density at radius 3 is 2.53 bits per heavy atom. The smallest absolute Gasteiger partial charge is 0.234 e. The maximum atomic E-state index is 11.7. The van der Waals surface area contributed by atoms with Gasteiger partial charge in [0.05, 0.1) is 24.2 Å². The predicted octanol–water partition coefficient (Wildman–Crippen LogP) is 2.39. The third-order valence-corrected chi connectivity index (χ3v) is 3.46.